The van der Waals surface area contributed by atoms with Crippen molar-refractivity contribution < 1.29 is 9.59 Å². The Morgan fingerprint density at radius 3 is 2.64 bits per heavy atom. The van der Waals surface area contributed by atoms with Crippen molar-refractivity contribution in [3.05, 3.63) is 58.6 Å². The van der Waals surface area contributed by atoms with E-state index in [-0.39, 0.29) is 17.9 Å². The van der Waals surface area contributed by atoms with Gasteiger partial charge in [0.2, 0.25) is 5.91 Å². The number of benzene rings is 2. The van der Waals surface area contributed by atoms with E-state index in [0.717, 1.165) is 23.3 Å². The predicted molar refractivity (Wildman–Crippen MR) is 102 cm³/mol. The van der Waals surface area contributed by atoms with Gasteiger partial charge in [0.15, 0.2) is 0 Å². The largest absolute Gasteiger partial charge is 0.349 e. The number of halogens is 1. The monoisotopic (exact) mass is 374 g/mol. The summed E-state index contributed by atoms with van der Waals surface area (Å²) in [6, 6.07) is 13.2. The molecule has 0 atom stereocenters. The minimum Gasteiger partial charge on any atom is -0.349 e. The molecular weight excluding hydrogens is 356 g/mol. The fourth-order valence-electron chi connectivity index (χ4n) is 2.33. The third kappa shape index (κ3) is 5.00. The number of aryl methyl sites for hydroxylation is 1. The minimum atomic E-state index is -0.166. The van der Waals surface area contributed by atoms with Gasteiger partial charge in [-0.05, 0) is 49.6 Å². The summed E-state index contributed by atoms with van der Waals surface area (Å²) >= 11 is 7.68. The predicted octanol–water partition coefficient (Wildman–Crippen LogP) is 4.27. The maximum absolute atomic E-state index is 12.1. The molecule has 2 N–H and O–H groups in total. The van der Waals surface area contributed by atoms with Gasteiger partial charge in [0.25, 0.3) is 5.91 Å². The van der Waals surface area contributed by atoms with Crippen molar-refractivity contribution in [1.29, 1.82) is 0 Å². The Morgan fingerprint density at radius 1 is 1.20 bits per heavy atom. The number of rotatable bonds is 6. The summed E-state index contributed by atoms with van der Waals surface area (Å²) in [7, 11) is 0. The Kier molecular flexibility index (Phi) is 5.66. The molecule has 4 nitrogen and oxygen atoms in total. The Morgan fingerprint density at radius 2 is 1.96 bits per heavy atom. The molecule has 1 fully saturated rings. The molecule has 6 heteroatoms. The first-order valence-corrected chi connectivity index (χ1v) is 9.48. The lowest BCUT2D eigenvalue weighted by atomic mass is 10.2. The van der Waals surface area contributed by atoms with Crippen LogP contribution in [0.1, 0.15) is 28.8 Å². The summed E-state index contributed by atoms with van der Waals surface area (Å²) in [5.41, 5.74) is 2.17. The van der Waals surface area contributed by atoms with Crippen LogP contribution in [0.25, 0.3) is 0 Å². The first kappa shape index (κ1) is 17.8. The summed E-state index contributed by atoms with van der Waals surface area (Å²) in [6.45, 7) is 2.02. The maximum atomic E-state index is 12.1. The fourth-order valence-corrected chi connectivity index (χ4v) is 3.42. The van der Waals surface area contributed by atoms with Crippen LogP contribution in [0.5, 0.6) is 0 Å². The van der Waals surface area contributed by atoms with E-state index in [1.165, 1.54) is 11.8 Å². The molecule has 0 bridgehead atoms. The van der Waals surface area contributed by atoms with E-state index in [9.17, 15) is 9.59 Å². The molecule has 0 unspecified atom stereocenters. The second-order valence-corrected chi connectivity index (χ2v) is 7.47. The Balaban J connectivity index is 1.56. The highest BCUT2D eigenvalue weighted by Crippen LogP contribution is 2.25. The van der Waals surface area contributed by atoms with Crippen LogP contribution in [0, 0.1) is 6.92 Å². The highest BCUT2D eigenvalue weighted by Gasteiger charge is 2.24. The molecular formula is C19H19ClN2O2S. The van der Waals surface area contributed by atoms with Crippen LogP contribution < -0.4 is 10.6 Å². The summed E-state index contributed by atoms with van der Waals surface area (Å²) < 4.78 is 0. The Hall–Kier alpha value is -1.98. The van der Waals surface area contributed by atoms with Gasteiger partial charge in [-0.15, -0.1) is 11.8 Å². The average molecular weight is 375 g/mol. The lowest BCUT2D eigenvalue weighted by Crippen LogP contribution is -2.25. The van der Waals surface area contributed by atoms with Crippen molar-refractivity contribution in [3.63, 3.8) is 0 Å². The quantitative estimate of drug-likeness (QED) is 0.742. The van der Waals surface area contributed by atoms with E-state index in [4.69, 9.17) is 11.6 Å². The zero-order valence-corrected chi connectivity index (χ0v) is 15.4. The SMILES string of the molecule is Cc1ccccc1SCC(=O)Nc1ccc(C(=O)NC2CC2)c(Cl)c1. The first-order chi connectivity index (χ1) is 12.0. The smallest absolute Gasteiger partial charge is 0.253 e. The molecule has 0 saturated heterocycles. The Bertz CT molecular complexity index is 806. The van der Waals surface area contributed by atoms with Gasteiger partial charge in [-0.25, -0.2) is 0 Å². The number of amides is 2. The van der Waals surface area contributed by atoms with Crippen molar-refractivity contribution in [2.75, 3.05) is 11.1 Å². The molecule has 1 aliphatic rings. The Labute approximate surface area is 156 Å². The van der Waals surface area contributed by atoms with E-state index in [0.29, 0.717) is 22.0 Å². The van der Waals surface area contributed by atoms with Crippen LogP contribution >= 0.6 is 23.4 Å². The second kappa shape index (κ2) is 7.93. The van der Waals surface area contributed by atoms with Gasteiger partial charge >= 0.3 is 0 Å². The fraction of sp³-hybridized carbons (Fsp3) is 0.263. The van der Waals surface area contributed by atoms with Crippen LogP contribution in [-0.4, -0.2) is 23.6 Å². The summed E-state index contributed by atoms with van der Waals surface area (Å²) in [5.74, 6) is 0.0341. The zero-order valence-electron chi connectivity index (χ0n) is 13.8. The number of nitrogens with one attached hydrogen (secondary N) is 2. The highest BCUT2D eigenvalue weighted by atomic mass is 35.5. The lowest BCUT2D eigenvalue weighted by molar-refractivity contribution is -0.113. The molecule has 2 aromatic rings. The summed E-state index contributed by atoms with van der Waals surface area (Å²) in [5, 5.41) is 6.05. The van der Waals surface area contributed by atoms with Crippen molar-refractivity contribution in [2.45, 2.75) is 30.7 Å². The number of carbonyl (C=O) groups is 2. The molecule has 0 heterocycles. The third-order valence-electron chi connectivity index (χ3n) is 3.86. The molecule has 3 rings (SSSR count). The van der Waals surface area contributed by atoms with Gasteiger partial charge in [0.1, 0.15) is 0 Å². The normalized spacial score (nSPS) is 13.4. The van der Waals surface area contributed by atoms with E-state index in [1.54, 1.807) is 18.2 Å². The molecule has 2 amide bonds. The van der Waals surface area contributed by atoms with Crippen LogP contribution in [0.4, 0.5) is 5.69 Å². The molecule has 0 radical (unpaired) electrons. The zero-order chi connectivity index (χ0) is 17.8. The molecule has 130 valence electrons. The molecule has 2 aromatic carbocycles. The molecule has 0 spiro atoms. The van der Waals surface area contributed by atoms with Crippen molar-refractivity contribution in [2.24, 2.45) is 0 Å². The van der Waals surface area contributed by atoms with Gasteiger partial charge in [-0.2, -0.15) is 0 Å². The lowest BCUT2D eigenvalue weighted by Gasteiger charge is -2.09. The van der Waals surface area contributed by atoms with E-state index in [2.05, 4.69) is 10.6 Å². The molecule has 0 aromatic heterocycles. The number of hydrogen-bond acceptors (Lipinski definition) is 3. The van der Waals surface area contributed by atoms with Gasteiger partial charge in [0, 0.05) is 16.6 Å². The number of carbonyl (C=O) groups excluding carboxylic acids is 2. The first-order valence-electron chi connectivity index (χ1n) is 8.11. The molecule has 0 aliphatic heterocycles. The van der Waals surface area contributed by atoms with Gasteiger partial charge in [-0.3, -0.25) is 9.59 Å². The van der Waals surface area contributed by atoms with Crippen LogP contribution in [0.3, 0.4) is 0 Å². The van der Waals surface area contributed by atoms with E-state index in [1.807, 2.05) is 31.2 Å². The second-order valence-electron chi connectivity index (χ2n) is 6.04. The van der Waals surface area contributed by atoms with Crippen molar-refractivity contribution >= 4 is 40.9 Å². The third-order valence-corrected chi connectivity index (χ3v) is 5.35. The van der Waals surface area contributed by atoms with Crippen LogP contribution in [0.15, 0.2) is 47.4 Å². The molecule has 1 aliphatic carbocycles. The van der Waals surface area contributed by atoms with Crippen molar-refractivity contribution in [3.8, 4) is 0 Å². The van der Waals surface area contributed by atoms with E-state index < -0.39 is 0 Å². The van der Waals surface area contributed by atoms with Gasteiger partial charge in [0.05, 0.1) is 16.3 Å². The number of thioether (sulfide) groups is 1. The average Bonchev–Trinajstić information content (AvgIpc) is 3.38. The maximum Gasteiger partial charge on any atom is 0.253 e. The molecule has 1 saturated carbocycles. The van der Waals surface area contributed by atoms with Gasteiger partial charge < -0.3 is 10.6 Å². The van der Waals surface area contributed by atoms with Crippen molar-refractivity contribution in [1.82, 2.24) is 5.32 Å². The van der Waals surface area contributed by atoms with E-state index >= 15 is 0 Å². The van der Waals surface area contributed by atoms with Gasteiger partial charge in [-0.1, -0.05) is 29.8 Å². The highest BCUT2D eigenvalue weighted by molar-refractivity contribution is 8.00. The minimum absolute atomic E-state index is 0.112. The summed E-state index contributed by atoms with van der Waals surface area (Å²) in [6.07, 6.45) is 2.05. The number of hydrogen-bond donors (Lipinski definition) is 2. The van der Waals surface area contributed by atoms with Crippen LogP contribution in [-0.2, 0) is 4.79 Å². The topological polar surface area (TPSA) is 58.2 Å². The molecule has 25 heavy (non-hydrogen) atoms. The van der Waals surface area contributed by atoms with Crippen LogP contribution in [0.2, 0.25) is 5.02 Å². The standard InChI is InChI=1S/C19H19ClN2O2S/c1-12-4-2-3-5-17(12)25-11-18(23)21-14-8-9-15(16(20)10-14)19(24)22-13-6-7-13/h2-5,8-10,13H,6-7,11H2,1H3,(H,21,23)(H,22,24). The number of anilines is 1. The summed E-state index contributed by atoms with van der Waals surface area (Å²) in [4.78, 5) is 25.3.